The molecule has 0 spiro atoms. The van der Waals surface area contributed by atoms with E-state index in [0.29, 0.717) is 11.3 Å². The first-order valence-electron chi connectivity index (χ1n) is 10.3. The number of phenols is 1. The lowest BCUT2D eigenvalue weighted by Crippen LogP contribution is -2.16. The Kier molecular flexibility index (Phi) is 7.96. The smallest absolute Gasteiger partial charge is 0.270 e. The van der Waals surface area contributed by atoms with Gasteiger partial charge in [-0.1, -0.05) is 24.3 Å². The molecule has 0 aromatic heterocycles. The van der Waals surface area contributed by atoms with Crippen molar-refractivity contribution in [3.05, 3.63) is 99.6 Å². The summed E-state index contributed by atoms with van der Waals surface area (Å²) in [4.78, 5) is 22.5. The monoisotopic (exact) mass is 460 g/mol. The number of amides is 1. The zero-order valence-corrected chi connectivity index (χ0v) is 18.7. The number of carbonyl (C=O) groups excluding carboxylic acids is 1. The lowest BCUT2D eigenvalue weighted by atomic mass is 10.1. The number of nitro benzene ring substituents is 1. The van der Waals surface area contributed by atoms with Gasteiger partial charge in [-0.05, 0) is 54.5 Å². The van der Waals surface area contributed by atoms with Crippen molar-refractivity contribution in [3.8, 4) is 11.5 Å². The van der Waals surface area contributed by atoms with Crippen LogP contribution in [0, 0.1) is 10.1 Å². The quantitative estimate of drug-likeness (QED) is 0.187. The third-order valence-electron chi connectivity index (χ3n) is 4.94. The molecule has 0 fully saturated rings. The van der Waals surface area contributed by atoms with Gasteiger partial charge in [0.25, 0.3) is 11.6 Å². The predicted octanol–water partition coefficient (Wildman–Crippen LogP) is 4.47. The number of methoxy groups -OCH3 is 1. The number of hydrazone groups is 1. The number of nitrogens with one attached hydrogen (secondary N) is 2. The van der Waals surface area contributed by atoms with Crippen molar-refractivity contribution < 1.29 is 19.6 Å². The fraction of sp³-hybridized carbons (Fsp3) is 0.120. The summed E-state index contributed by atoms with van der Waals surface area (Å²) in [6.07, 6.45) is 3.08. The summed E-state index contributed by atoms with van der Waals surface area (Å²) in [5.41, 5.74) is 5.87. The highest BCUT2D eigenvalue weighted by molar-refractivity contribution is 6.00. The van der Waals surface area contributed by atoms with Gasteiger partial charge in [0.2, 0.25) is 0 Å². The number of aromatic hydroxyl groups is 1. The molecule has 0 radical (unpaired) electrons. The molecule has 0 saturated heterocycles. The number of rotatable bonds is 9. The molecule has 0 aliphatic carbocycles. The summed E-state index contributed by atoms with van der Waals surface area (Å²) in [6.45, 7) is 1.99. The molecule has 0 heterocycles. The molecule has 0 aliphatic rings. The highest BCUT2D eigenvalue weighted by Gasteiger charge is 2.10. The lowest BCUT2D eigenvalue weighted by Gasteiger charge is -2.09. The normalized spacial score (nSPS) is 11.3. The molecule has 0 saturated carbocycles. The molecular weight excluding hydrogens is 436 g/mol. The minimum atomic E-state index is -0.506. The summed E-state index contributed by atoms with van der Waals surface area (Å²) in [5.74, 6) is 0.366. The molecule has 0 aliphatic heterocycles. The van der Waals surface area contributed by atoms with E-state index >= 15 is 0 Å². The summed E-state index contributed by atoms with van der Waals surface area (Å²) >= 11 is 0. The average molecular weight is 460 g/mol. The number of hydrogen-bond donors (Lipinski definition) is 3. The van der Waals surface area contributed by atoms with E-state index in [2.05, 4.69) is 15.8 Å². The highest BCUT2D eigenvalue weighted by Crippen LogP contribution is 2.24. The minimum absolute atomic E-state index is 0.0190. The zero-order chi connectivity index (χ0) is 24.5. The van der Waals surface area contributed by atoms with Gasteiger partial charge in [0.1, 0.15) is 11.5 Å². The van der Waals surface area contributed by atoms with E-state index in [-0.39, 0.29) is 23.9 Å². The van der Waals surface area contributed by atoms with E-state index in [1.54, 1.807) is 20.1 Å². The van der Waals surface area contributed by atoms with Gasteiger partial charge in [-0.2, -0.15) is 5.10 Å². The summed E-state index contributed by atoms with van der Waals surface area (Å²) in [6, 6.07) is 18.5. The Bertz CT molecular complexity index is 1220. The summed E-state index contributed by atoms with van der Waals surface area (Å²) < 4.78 is 5.10. The first kappa shape index (κ1) is 24.0. The van der Waals surface area contributed by atoms with E-state index in [1.165, 1.54) is 24.3 Å². The Hall–Kier alpha value is -4.66. The molecule has 0 unspecified atom stereocenters. The van der Waals surface area contributed by atoms with E-state index in [0.717, 1.165) is 22.6 Å². The fourth-order valence-corrected chi connectivity index (χ4v) is 2.98. The number of anilines is 1. The number of non-ortho nitro benzene ring substituents is 1. The van der Waals surface area contributed by atoms with Crippen LogP contribution in [-0.4, -0.2) is 28.8 Å². The van der Waals surface area contributed by atoms with Gasteiger partial charge in [-0.15, -0.1) is 0 Å². The maximum Gasteiger partial charge on any atom is 0.270 e. The predicted molar refractivity (Wildman–Crippen MR) is 131 cm³/mol. The largest absolute Gasteiger partial charge is 0.508 e. The van der Waals surface area contributed by atoms with Crippen molar-refractivity contribution in [2.45, 2.75) is 13.5 Å². The van der Waals surface area contributed by atoms with Gasteiger partial charge in [0, 0.05) is 36.0 Å². The molecule has 34 heavy (non-hydrogen) atoms. The molecular formula is C25H24N4O5. The van der Waals surface area contributed by atoms with Crippen molar-refractivity contribution in [1.29, 1.82) is 0 Å². The Morgan fingerprint density at radius 2 is 1.82 bits per heavy atom. The number of benzene rings is 3. The molecule has 3 rings (SSSR count). The highest BCUT2D eigenvalue weighted by atomic mass is 16.6. The summed E-state index contributed by atoms with van der Waals surface area (Å²) in [7, 11) is 1.59. The van der Waals surface area contributed by atoms with Crippen LogP contribution < -0.4 is 15.5 Å². The van der Waals surface area contributed by atoms with Crippen molar-refractivity contribution in [2.75, 3.05) is 12.4 Å². The van der Waals surface area contributed by atoms with Crippen molar-refractivity contribution in [2.24, 2.45) is 5.10 Å². The molecule has 0 bridgehead atoms. The Balaban J connectivity index is 1.55. The van der Waals surface area contributed by atoms with Crippen molar-refractivity contribution in [1.82, 2.24) is 5.43 Å². The number of ether oxygens (including phenoxy) is 1. The zero-order valence-electron chi connectivity index (χ0n) is 18.7. The molecule has 3 aromatic carbocycles. The first-order valence-corrected chi connectivity index (χ1v) is 10.3. The van der Waals surface area contributed by atoms with Crippen LogP contribution in [0.15, 0.2) is 77.9 Å². The van der Waals surface area contributed by atoms with Crippen LogP contribution in [0.1, 0.15) is 23.6 Å². The second-order valence-electron chi connectivity index (χ2n) is 7.28. The first-order chi connectivity index (χ1) is 16.4. The molecule has 3 N–H and O–H groups in total. The van der Waals surface area contributed by atoms with Crippen LogP contribution in [0.25, 0.3) is 6.08 Å². The Labute approximate surface area is 196 Å². The molecule has 0 atom stereocenters. The van der Waals surface area contributed by atoms with Crippen LogP contribution in [0.5, 0.6) is 11.5 Å². The molecule has 1 amide bonds. The standard InChI is InChI=1S/C25H24N4O5/c1-17(27-28-25(31)14-5-18-3-11-23(34-2)12-4-18)19-6-8-21(9-7-19)26-16-20-15-22(29(32)33)10-13-24(20)30/h3-15,26,30H,16H2,1-2H3,(H,28,31)/b14-5+,27-17-. The fourth-order valence-electron chi connectivity index (χ4n) is 2.98. The molecule has 9 heteroatoms. The second kappa shape index (κ2) is 11.3. The van der Waals surface area contributed by atoms with E-state index < -0.39 is 4.92 Å². The van der Waals surface area contributed by atoms with Gasteiger partial charge >= 0.3 is 0 Å². The molecule has 9 nitrogen and oxygen atoms in total. The third kappa shape index (κ3) is 6.67. The number of nitro groups is 1. The maximum atomic E-state index is 12.0. The molecule has 3 aromatic rings. The minimum Gasteiger partial charge on any atom is -0.508 e. The van der Waals surface area contributed by atoms with Gasteiger partial charge < -0.3 is 15.2 Å². The third-order valence-corrected chi connectivity index (χ3v) is 4.94. The topological polar surface area (TPSA) is 126 Å². The van der Waals surface area contributed by atoms with E-state index in [9.17, 15) is 20.0 Å². The van der Waals surface area contributed by atoms with Gasteiger partial charge in [0.15, 0.2) is 0 Å². The van der Waals surface area contributed by atoms with Gasteiger partial charge in [-0.25, -0.2) is 5.43 Å². The number of carbonyl (C=O) groups is 1. The summed E-state index contributed by atoms with van der Waals surface area (Å²) in [5, 5.41) is 28.1. The number of hydrogen-bond acceptors (Lipinski definition) is 7. The second-order valence-corrected chi connectivity index (χ2v) is 7.28. The van der Waals surface area contributed by atoms with E-state index in [4.69, 9.17) is 4.74 Å². The van der Waals surface area contributed by atoms with Crippen LogP contribution in [0.2, 0.25) is 0 Å². The SMILES string of the molecule is COc1ccc(/C=C/C(=O)N/N=C(/C)c2ccc(NCc3cc([N+](=O)[O-])ccc3O)cc2)cc1. The average Bonchev–Trinajstić information content (AvgIpc) is 2.86. The number of phenolic OH excluding ortho intramolecular Hbond substituents is 1. The van der Waals surface area contributed by atoms with Gasteiger partial charge in [0.05, 0.1) is 17.7 Å². The lowest BCUT2D eigenvalue weighted by molar-refractivity contribution is -0.384. The molecule has 174 valence electrons. The van der Waals surface area contributed by atoms with Crippen molar-refractivity contribution >= 4 is 29.1 Å². The maximum absolute atomic E-state index is 12.0. The van der Waals surface area contributed by atoms with Crippen LogP contribution >= 0.6 is 0 Å². The number of nitrogens with zero attached hydrogens (tertiary/aromatic N) is 2. The van der Waals surface area contributed by atoms with Crippen LogP contribution in [0.4, 0.5) is 11.4 Å². The van der Waals surface area contributed by atoms with E-state index in [1.807, 2.05) is 48.5 Å². The Morgan fingerprint density at radius 3 is 2.47 bits per heavy atom. The Morgan fingerprint density at radius 1 is 1.12 bits per heavy atom. The van der Waals surface area contributed by atoms with Crippen LogP contribution in [-0.2, 0) is 11.3 Å². The van der Waals surface area contributed by atoms with Crippen LogP contribution in [0.3, 0.4) is 0 Å². The van der Waals surface area contributed by atoms with Gasteiger partial charge in [-0.3, -0.25) is 14.9 Å². The van der Waals surface area contributed by atoms with Crippen molar-refractivity contribution in [3.63, 3.8) is 0 Å².